The van der Waals surface area contributed by atoms with Crippen molar-refractivity contribution in [2.45, 2.75) is 19.9 Å². The van der Waals surface area contributed by atoms with E-state index >= 15 is 4.39 Å². The van der Waals surface area contributed by atoms with Gasteiger partial charge in [-0.15, -0.1) is 0 Å². The Morgan fingerprint density at radius 3 is 2.46 bits per heavy atom. The lowest BCUT2D eigenvalue weighted by molar-refractivity contribution is 0.209. The van der Waals surface area contributed by atoms with Gasteiger partial charge in [-0.3, -0.25) is 9.21 Å². The second kappa shape index (κ2) is 10.7. The Morgan fingerprint density at radius 2 is 1.77 bits per heavy atom. The molecule has 4 aromatic rings. The zero-order valence-corrected chi connectivity index (χ0v) is 23.3. The third kappa shape index (κ3) is 5.76. The molecule has 0 atom stereocenters. The van der Waals surface area contributed by atoms with E-state index in [1.807, 2.05) is 18.2 Å². The summed E-state index contributed by atoms with van der Waals surface area (Å²) in [6.45, 7) is 7.72. The fourth-order valence-corrected chi connectivity index (χ4v) is 5.22. The molecule has 0 aliphatic carbocycles. The van der Waals surface area contributed by atoms with Crippen molar-refractivity contribution in [3.63, 3.8) is 0 Å². The van der Waals surface area contributed by atoms with Crippen LogP contribution in [0.2, 0.25) is 0 Å². The van der Waals surface area contributed by atoms with Crippen molar-refractivity contribution in [2.24, 2.45) is 0 Å². The maximum Gasteiger partial charge on any atom is 0.232 e. The molecule has 206 valence electrons. The summed E-state index contributed by atoms with van der Waals surface area (Å²) in [6, 6.07) is 14.4. The maximum absolute atomic E-state index is 15.2. The summed E-state index contributed by atoms with van der Waals surface area (Å²) < 4.78 is 40.7. The number of benzene rings is 2. The Balaban J connectivity index is 1.39. The molecule has 39 heavy (non-hydrogen) atoms. The van der Waals surface area contributed by atoms with Crippen LogP contribution in [-0.2, 0) is 10.0 Å². The zero-order valence-electron chi connectivity index (χ0n) is 22.4. The summed E-state index contributed by atoms with van der Waals surface area (Å²) in [5.41, 5.74) is 2.71. The van der Waals surface area contributed by atoms with E-state index in [0.29, 0.717) is 40.3 Å². The highest BCUT2D eigenvalue weighted by molar-refractivity contribution is 7.92. The first-order valence-electron chi connectivity index (χ1n) is 12.8. The van der Waals surface area contributed by atoms with Crippen LogP contribution in [0.15, 0.2) is 54.7 Å². The van der Waals surface area contributed by atoms with Crippen LogP contribution in [0.5, 0.6) is 0 Å². The number of anilines is 6. The number of aromatic nitrogens is 3. The van der Waals surface area contributed by atoms with Crippen LogP contribution in [0.3, 0.4) is 0 Å². The number of aromatic amines is 1. The molecule has 10 nitrogen and oxygen atoms in total. The number of halogens is 1. The van der Waals surface area contributed by atoms with E-state index < -0.39 is 10.0 Å². The molecule has 0 radical (unpaired) electrons. The summed E-state index contributed by atoms with van der Waals surface area (Å²) in [6.07, 6.45) is 2.90. The predicted molar refractivity (Wildman–Crippen MR) is 155 cm³/mol. The molecule has 3 heterocycles. The number of hydrogen-bond donors (Lipinski definition) is 3. The van der Waals surface area contributed by atoms with Gasteiger partial charge in [0.25, 0.3) is 0 Å². The van der Waals surface area contributed by atoms with Gasteiger partial charge in [-0.25, -0.2) is 12.8 Å². The number of sulfonamides is 1. The van der Waals surface area contributed by atoms with E-state index in [1.54, 1.807) is 30.5 Å². The molecule has 2 aromatic carbocycles. The van der Waals surface area contributed by atoms with Crippen molar-refractivity contribution in [3.8, 4) is 0 Å². The molecule has 1 saturated heterocycles. The lowest BCUT2D eigenvalue weighted by atomic mass is 10.2. The number of para-hydroxylation sites is 2. The number of H-pyrrole nitrogens is 1. The van der Waals surface area contributed by atoms with Gasteiger partial charge >= 0.3 is 0 Å². The second-order valence-corrected chi connectivity index (χ2v) is 11.9. The molecular weight excluding hydrogens is 519 g/mol. The van der Waals surface area contributed by atoms with Gasteiger partial charge in [-0.2, -0.15) is 9.97 Å². The van der Waals surface area contributed by atoms with E-state index in [4.69, 9.17) is 0 Å². The average molecular weight is 553 g/mol. The summed E-state index contributed by atoms with van der Waals surface area (Å²) in [5, 5.41) is 7.09. The number of fused-ring (bicyclic) bond motifs is 1. The van der Waals surface area contributed by atoms with Crippen LogP contribution in [0.1, 0.15) is 13.8 Å². The van der Waals surface area contributed by atoms with Gasteiger partial charge in [0.1, 0.15) is 17.3 Å². The lowest BCUT2D eigenvalue weighted by Crippen LogP contribution is -2.49. The van der Waals surface area contributed by atoms with Gasteiger partial charge in [0.15, 0.2) is 0 Å². The Bertz CT molecular complexity index is 1580. The molecule has 0 unspecified atom stereocenters. The first-order chi connectivity index (χ1) is 18.6. The highest BCUT2D eigenvalue weighted by atomic mass is 32.2. The number of rotatable bonds is 8. The van der Waals surface area contributed by atoms with Gasteiger partial charge in [0, 0.05) is 51.2 Å². The Morgan fingerprint density at radius 1 is 1.03 bits per heavy atom. The van der Waals surface area contributed by atoms with E-state index in [9.17, 15) is 8.42 Å². The van der Waals surface area contributed by atoms with Crippen LogP contribution >= 0.6 is 0 Å². The molecule has 12 heteroatoms. The molecular formula is C27H33FN8O2S. The summed E-state index contributed by atoms with van der Waals surface area (Å²) in [7, 11) is -1.98. The molecule has 1 fully saturated rings. The standard InChI is InChI=1S/C27H33FN8O2S/c1-18(2)35-13-15-36(16-14-35)23-10-9-19(17-21(23)28)30-27-32-25-20(11-12-29-25)26(33-27)31-22-7-5-6-8-24(22)34(3)39(4,37)38/h5-12,17-18H,13-16H2,1-4H3,(H3,29,30,31,32,33). The molecule has 0 amide bonds. The third-order valence-corrected chi connectivity index (χ3v) is 8.19. The minimum Gasteiger partial charge on any atom is -0.367 e. The van der Waals surface area contributed by atoms with Crippen LogP contribution in [0.25, 0.3) is 11.0 Å². The first-order valence-corrected chi connectivity index (χ1v) is 14.7. The van der Waals surface area contributed by atoms with Crippen molar-refractivity contribution >= 4 is 55.6 Å². The molecule has 1 aliphatic heterocycles. The van der Waals surface area contributed by atoms with Crippen molar-refractivity contribution in [1.82, 2.24) is 19.9 Å². The van der Waals surface area contributed by atoms with Crippen LogP contribution in [0.4, 0.5) is 38.9 Å². The number of nitrogens with one attached hydrogen (secondary N) is 3. The fourth-order valence-electron chi connectivity index (χ4n) is 4.70. The largest absolute Gasteiger partial charge is 0.367 e. The van der Waals surface area contributed by atoms with Crippen molar-refractivity contribution < 1.29 is 12.8 Å². The zero-order chi connectivity index (χ0) is 27.7. The number of hydrogen-bond acceptors (Lipinski definition) is 8. The lowest BCUT2D eigenvalue weighted by Gasteiger charge is -2.38. The molecule has 0 saturated carbocycles. The average Bonchev–Trinajstić information content (AvgIpc) is 3.37. The highest BCUT2D eigenvalue weighted by Gasteiger charge is 2.22. The monoisotopic (exact) mass is 552 g/mol. The molecule has 0 spiro atoms. The van der Waals surface area contributed by atoms with Crippen LogP contribution in [-0.4, -0.2) is 73.8 Å². The Hall–Kier alpha value is -3.90. The van der Waals surface area contributed by atoms with Crippen molar-refractivity contribution in [1.29, 1.82) is 0 Å². The van der Waals surface area contributed by atoms with E-state index in [2.05, 4.69) is 49.2 Å². The minimum atomic E-state index is -3.47. The summed E-state index contributed by atoms with van der Waals surface area (Å²) >= 11 is 0. The van der Waals surface area contributed by atoms with Gasteiger partial charge in [-0.1, -0.05) is 12.1 Å². The molecule has 2 aromatic heterocycles. The second-order valence-electron chi connectivity index (χ2n) is 9.92. The van der Waals surface area contributed by atoms with Gasteiger partial charge < -0.3 is 20.5 Å². The third-order valence-electron chi connectivity index (χ3n) is 7.00. The minimum absolute atomic E-state index is 0.263. The first kappa shape index (κ1) is 26.7. The smallest absolute Gasteiger partial charge is 0.232 e. The Kier molecular flexibility index (Phi) is 7.32. The molecule has 1 aliphatic rings. The highest BCUT2D eigenvalue weighted by Crippen LogP contribution is 2.32. The van der Waals surface area contributed by atoms with E-state index in [1.165, 1.54) is 17.4 Å². The molecule has 3 N–H and O–H groups in total. The Labute approximate surface area is 227 Å². The predicted octanol–water partition coefficient (Wildman–Crippen LogP) is 4.51. The summed E-state index contributed by atoms with van der Waals surface area (Å²) in [4.78, 5) is 16.7. The normalized spacial score (nSPS) is 14.7. The maximum atomic E-state index is 15.2. The number of nitrogens with zero attached hydrogens (tertiary/aromatic N) is 5. The van der Waals surface area contributed by atoms with Crippen molar-refractivity contribution in [2.75, 3.05) is 59.3 Å². The molecule has 0 bridgehead atoms. The van der Waals surface area contributed by atoms with Crippen LogP contribution in [0, 0.1) is 5.82 Å². The van der Waals surface area contributed by atoms with Crippen LogP contribution < -0.4 is 19.8 Å². The fraction of sp³-hybridized carbons (Fsp3) is 0.333. The van der Waals surface area contributed by atoms with E-state index in [-0.39, 0.29) is 11.8 Å². The quantitative estimate of drug-likeness (QED) is 0.293. The van der Waals surface area contributed by atoms with Gasteiger partial charge in [0.2, 0.25) is 16.0 Å². The molecule has 5 rings (SSSR count). The SMILES string of the molecule is CC(C)N1CCN(c2ccc(Nc3nc(Nc4ccccc4N(C)S(C)(=O)=O)c4cc[nH]c4n3)cc2F)CC1. The summed E-state index contributed by atoms with van der Waals surface area (Å²) in [5.74, 6) is 0.423. The van der Waals surface area contributed by atoms with Gasteiger partial charge in [0.05, 0.1) is 28.7 Å². The van der Waals surface area contributed by atoms with E-state index in [0.717, 1.165) is 37.8 Å². The van der Waals surface area contributed by atoms with Crippen molar-refractivity contribution in [3.05, 3.63) is 60.5 Å². The van der Waals surface area contributed by atoms with Gasteiger partial charge in [-0.05, 0) is 50.2 Å². The number of piperazine rings is 1. The topological polar surface area (TPSA) is 109 Å².